The second-order valence-electron chi connectivity index (χ2n) is 6.63. The molecule has 0 unspecified atom stereocenters. The molecule has 1 heterocycles. The highest BCUT2D eigenvalue weighted by Crippen LogP contribution is 2.32. The van der Waals surface area contributed by atoms with Crippen molar-refractivity contribution in [2.45, 2.75) is 13.8 Å². The number of aryl methyl sites for hydroxylation is 1. The topological polar surface area (TPSA) is 92.4 Å². The lowest BCUT2D eigenvalue weighted by atomic mass is 10.2. The maximum atomic E-state index is 11.8. The number of carbonyl (C=O) groups is 1. The SMILES string of the molecule is CCOc1cc(/C=C2\SC(N)=NC2=O)ccc1OCCOCCOc1ccc(C)cc1. The van der Waals surface area contributed by atoms with Gasteiger partial charge in [0.15, 0.2) is 16.7 Å². The monoisotopic (exact) mass is 442 g/mol. The van der Waals surface area contributed by atoms with E-state index in [0.717, 1.165) is 23.1 Å². The van der Waals surface area contributed by atoms with Gasteiger partial charge in [-0.15, -0.1) is 0 Å². The molecule has 0 fully saturated rings. The van der Waals surface area contributed by atoms with E-state index < -0.39 is 0 Å². The van der Waals surface area contributed by atoms with Crippen LogP contribution in [0.25, 0.3) is 6.08 Å². The van der Waals surface area contributed by atoms with Gasteiger partial charge >= 0.3 is 0 Å². The first-order valence-electron chi connectivity index (χ1n) is 10.00. The van der Waals surface area contributed by atoms with E-state index in [0.29, 0.717) is 49.4 Å². The van der Waals surface area contributed by atoms with Gasteiger partial charge in [0.05, 0.1) is 24.7 Å². The number of hydrogen-bond acceptors (Lipinski definition) is 7. The third-order valence-electron chi connectivity index (χ3n) is 4.21. The normalized spacial score (nSPS) is 14.6. The minimum Gasteiger partial charge on any atom is -0.491 e. The van der Waals surface area contributed by atoms with Crippen molar-refractivity contribution in [2.75, 3.05) is 33.0 Å². The highest BCUT2D eigenvalue weighted by atomic mass is 32.2. The summed E-state index contributed by atoms with van der Waals surface area (Å²) in [5.41, 5.74) is 7.59. The van der Waals surface area contributed by atoms with Gasteiger partial charge in [0, 0.05) is 0 Å². The summed E-state index contributed by atoms with van der Waals surface area (Å²) < 4.78 is 22.7. The zero-order chi connectivity index (χ0) is 22.1. The molecule has 2 N–H and O–H groups in total. The summed E-state index contributed by atoms with van der Waals surface area (Å²) in [5, 5.41) is 0.255. The van der Waals surface area contributed by atoms with Crippen molar-refractivity contribution in [3.05, 3.63) is 58.5 Å². The highest BCUT2D eigenvalue weighted by molar-refractivity contribution is 8.18. The summed E-state index contributed by atoms with van der Waals surface area (Å²) in [7, 11) is 0. The average Bonchev–Trinajstić information content (AvgIpc) is 3.06. The van der Waals surface area contributed by atoms with E-state index in [2.05, 4.69) is 4.99 Å². The number of amidine groups is 1. The molecule has 0 atom stereocenters. The van der Waals surface area contributed by atoms with Gasteiger partial charge in [0.25, 0.3) is 5.91 Å². The number of ether oxygens (including phenoxy) is 4. The second-order valence-corrected chi connectivity index (χ2v) is 7.69. The van der Waals surface area contributed by atoms with Crippen LogP contribution in [0.15, 0.2) is 52.4 Å². The zero-order valence-corrected chi connectivity index (χ0v) is 18.4. The zero-order valence-electron chi connectivity index (χ0n) is 17.6. The number of benzene rings is 2. The molecule has 7 nitrogen and oxygen atoms in total. The van der Waals surface area contributed by atoms with E-state index in [1.807, 2.05) is 56.3 Å². The molecule has 0 radical (unpaired) electrons. The number of aliphatic imine (C=N–C) groups is 1. The summed E-state index contributed by atoms with van der Waals surface area (Å²) in [5.74, 6) is 1.71. The highest BCUT2D eigenvalue weighted by Gasteiger charge is 2.19. The van der Waals surface area contributed by atoms with Gasteiger partial charge in [-0.25, -0.2) is 0 Å². The lowest BCUT2D eigenvalue weighted by Gasteiger charge is -2.13. The Hall–Kier alpha value is -2.97. The summed E-state index contributed by atoms with van der Waals surface area (Å²) in [6.07, 6.45) is 1.74. The molecule has 1 aliphatic rings. The summed E-state index contributed by atoms with van der Waals surface area (Å²) in [4.78, 5) is 16.0. The number of rotatable bonds is 11. The first-order valence-corrected chi connectivity index (χ1v) is 10.8. The van der Waals surface area contributed by atoms with E-state index in [-0.39, 0.29) is 11.1 Å². The molecule has 0 aliphatic carbocycles. The third-order valence-corrected chi connectivity index (χ3v) is 5.02. The average molecular weight is 443 g/mol. The molecule has 0 saturated heterocycles. The van der Waals surface area contributed by atoms with Crippen molar-refractivity contribution < 1.29 is 23.7 Å². The third kappa shape index (κ3) is 7.04. The number of amides is 1. The Kier molecular flexibility index (Phi) is 8.37. The summed E-state index contributed by atoms with van der Waals surface area (Å²) in [6, 6.07) is 13.4. The van der Waals surface area contributed by atoms with Crippen LogP contribution in [0.5, 0.6) is 17.2 Å². The fraction of sp³-hybridized carbons (Fsp3) is 0.304. The molecule has 0 spiro atoms. The Morgan fingerprint density at radius 1 is 0.968 bits per heavy atom. The molecule has 3 rings (SSSR count). The minimum atomic E-state index is -0.329. The van der Waals surface area contributed by atoms with Crippen LogP contribution in [0, 0.1) is 6.92 Å². The molecule has 2 aromatic rings. The number of carbonyl (C=O) groups excluding carboxylic acids is 1. The van der Waals surface area contributed by atoms with Gasteiger partial charge in [0.2, 0.25) is 0 Å². The number of thioether (sulfide) groups is 1. The van der Waals surface area contributed by atoms with Gasteiger partial charge in [-0.1, -0.05) is 23.8 Å². The molecule has 31 heavy (non-hydrogen) atoms. The predicted molar refractivity (Wildman–Crippen MR) is 123 cm³/mol. The van der Waals surface area contributed by atoms with Crippen LogP contribution < -0.4 is 19.9 Å². The molecule has 1 aliphatic heterocycles. The van der Waals surface area contributed by atoms with Crippen molar-refractivity contribution in [3.63, 3.8) is 0 Å². The molecule has 2 aromatic carbocycles. The van der Waals surface area contributed by atoms with Crippen molar-refractivity contribution >= 4 is 28.9 Å². The lowest BCUT2D eigenvalue weighted by Crippen LogP contribution is -2.12. The van der Waals surface area contributed by atoms with Crippen molar-refractivity contribution in [2.24, 2.45) is 10.7 Å². The van der Waals surface area contributed by atoms with Crippen LogP contribution in [0.3, 0.4) is 0 Å². The quantitative estimate of drug-likeness (QED) is 0.418. The fourth-order valence-electron chi connectivity index (χ4n) is 2.74. The lowest BCUT2D eigenvalue weighted by molar-refractivity contribution is -0.113. The maximum Gasteiger partial charge on any atom is 0.286 e. The van der Waals surface area contributed by atoms with Crippen molar-refractivity contribution in [1.29, 1.82) is 0 Å². The predicted octanol–water partition coefficient (Wildman–Crippen LogP) is 3.80. The van der Waals surface area contributed by atoms with E-state index >= 15 is 0 Å². The smallest absolute Gasteiger partial charge is 0.286 e. The van der Waals surface area contributed by atoms with E-state index in [1.54, 1.807) is 6.08 Å². The van der Waals surface area contributed by atoms with Crippen LogP contribution in [-0.2, 0) is 9.53 Å². The molecular weight excluding hydrogens is 416 g/mol. The second kappa shape index (κ2) is 11.4. The Bertz CT molecular complexity index is 957. The van der Waals surface area contributed by atoms with Gasteiger partial charge in [-0.2, -0.15) is 4.99 Å². The van der Waals surface area contributed by atoms with Crippen molar-refractivity contribution in [3.8, 4) is 17.2 Å². The van der Waals surface area contributed by atoms with Gasteiger partial charge in [-0.3, -0.25) is 4.79 Å². The van der Waals surface area contributed by atoms with Gasteiger partial charge in [-0.05, 0) is 61.5 Å². The Morgan fingerprint density at radius 3 is 2.39 bits per heavy atom. The van der Waals surface area contributed by atoms with E-state index in [9.17, 15) is 4.79 Å². The maximum absolute atomic E-state index is 11.8. The van der Waals surface area contributed by atoms with Crippen LogP contribution in [0.1, 0.15) is 18.1 Å². The molecule has 0 bridgehead atoms. The Labute approximate surface area is 186 Å². The first kappa shape index (κ1) is 22.7. The fourth-order valence-corrected chi connectivity index (χ4v) is 3.43. The standard InChI is InChI=1S/C23H26N2O5S/c1-3-28-20-14-17(15-21-22(26)25-23(24)31-21)6-9-19(20)30-13-11-27-10-12-29-18-7-4-16(2)5-8-18/h4-9,14-15H,3,10-13H2,1-2H3,(H2,24,25,26)/b21-15-. The van der Waals surface area contributed by atoms with Gasteiger partial charge < -0.3 is 24.7 Å². The van der Waals surface area contributed by atoms with Crippen LogP contribution >= 0.6 is 11.8 Å². The van der Waals surface area contributed by atoms with Crippen molar-refractivity contribution in [1.82, 2.24) is 0 Å². The first-order chi connectivity index (χ1) is 15.0. The van der Waals surface area contributed by atoms with Crippen LogP contribution in [0.2, 0.25) is 0 Å². The molecule has 164 valence electrons. The van der Waals surface area contributed by atoms with Gasteiger partial charge in [0.1, 0.15) is 19.0 Å². The summed E-state index contributed by atoms with van der Waals surface area (Å²) in [6.45, 7) is 6.18. The Balaban J connectivity index is 1.44. The molecule has 1 amide bonds. The van der Waals surface area contributed by atoms with E-state index in [1.165, 1.54) is 5.56 Å². The van der Waals surface area contributed by atoms with Crippen LogP contribution in [-0.4, -0.2) is 44.1 Å². The molecule has 8 heteroatoms. The number of nitrogens with zero attached hydrogens (tertiary/aromatic N) is 1. The van der Waals surface area contributed by atoms with Crippen LogP contribution in [0.4, 0.5) is 0 Å². The summed E-state index contributed by atoms with van der Waals surface area (Å²) >= 11 is 1.15. The number of nitrogens with two attached hydrogens (primary N) is 1. The Morgan fingerprint density at radius 2 is 1.71 bits per heavy atom. The minimum absolute atomic E-state index is 0.255. The largest absolute Gasteiger partial charge is 0.491 e. The molecule has 0 saturated carbocycles. The molecular formula is C23H26N2O5S. The number of hydrogen-bond donors (Lipinski definition) is 1. The molecule has 0 aromatic heterocycles. The van der Waals surface area contributed by atoms with E-state index in [4.69, 9.17) is 24.7 Å².